The molecule has 4 rings (SSSR count). The number of ether oxygens (including phenoxy) is 1. The molecule has 1 saturated carbocycles. The predicted molar refractivity (Wildman–Crippen MR) is 106 cm³/mol. The first kappa shape index (κ1) is 20.7. The number of hydrogen-bond donors (Lipinski definition) is 2. The first-order valence-electron chi connectivity index (χ1n) is 9.72. The Balaban J connectivity index is 1.37. The molecular weight excluding hydrogens is 409 g/mol. The zero-order valence-corrected chi connectivity index (χ0v) is 16.5. The van der Waals surface area contributed by atoms with Crippen LogP contribution in [0, 0.1) is 17.2 Å². The molecule has 2 heterocycles. The van der Waals surface area contributed by atoms with Crippen LogP contribution < -0.4 is 10.1 Å². The molecule has 0 spiro atoms. The quantitative estimate of drug-likeness (QED) is 0.611. The second kappa shape index (κ2) is 7.95. The van der Waals surface area contributed by atoms with Crippen LogP contribution in [-0.4, -0.2) is 28.7 Å². The van der Waals surface area contributed by atoms with Crippen LogP contribution in [0.2, 0.25) is 0 Å². The number of aromatic amines is 1. The summed E-state index contributed by atoms with van der Waals surface area (Å²) in [5, 5.41) is 13.0. The van der Waals surface area contributed by atoms with Gasteiger partial charge in [0.25, 0.3) is 0 Å². The first-order chi connectivity index (χ1) is 14.7. The third kappa shape index (κ3) is 4.63. The van der Waals surface area contributed by atoms with E-state index in [-0.39, 0.29) is 23.5 Å². The van der Waals surface area contributed by atoms with E-state index in [1.54, 1.807) is 13.0 Å². The lowest BCUT2D eigenvalue weighted by Gasteiger charge is -2.14. The molecule has 1 aromatic carbocycles. The largest absolute Gasteiger partial charge is 0.483 e. The summed E-state index contributed by atoms with van der Waals surface area (Å²) in [5.74, 6) is -0.206. The molecule has 1 fully saturated rings. The molecule has 3 atom stereocenters. The van der Waals surface area contributed by atoms with E-state index in [9.17, 15) is 18.0 Å². The lowest BCUT2D eigenvalue weighted by Crippen LogP contribution is -2.29. The molecule has 0 radical (unpaired) electrons. The van der Waals surface area contributed by atoms with E-state index in [2.05, 4.69) is 26.1 Å². The highest BCUT2D eigenvalue weighted by molar-refractivity contribution is 5.89. The molecule has 6 nitrogen and oxygen atoms in total. The topological polar surface area (TPSA) is 90.8 Å². The van der Waals surface area contributed by atoms with Gasteiger partial charge in [-0.05, 0) is 55.2 Å². The number of halogens is 3. The minimum atomic E-state index is -4.41. The molecule has 2 unspecified atom stereocenters. The number of hydrogen-bond acceptors (Lipinski definition) is 4. The van der Waals surface area contributed by atoms with Crippen molar-refractivity contribution in [1.82, 2.24) is 15.3 Å². The molecule has 1 amide bonds. The van der Waals surface area contributed by atoms with Crippen LogP contribution in [0.25, 0.3) is 10.9 Å². The standard InChI is InChI=1S/C22H19F3N4O2/c1-12(19-5-3-14(9-27-19)31-11-22(23,24)25)29-21(30)17-7-15(17)18-10-28-20-4-2-13(8-26)6-16(18)20/h2-6,9-10,12,15,17,28H,7,11H2,1H3,(H,29,30)/t12-,15?,17?/m1/s1. The average molecular weight is 428 g/mol. The number of amides is 1. The third-order valence-corrected chi connectivity index (χ3v) is 5.33. The third-order valence-electron chi connectivity index (χ3n) is 5.33. The molecule has 0 aliphatic heterocycles. The van der Waals surface area contributed by atoms with E-state index in [0.29, 0.717) is 17.7 Å². The van der Waals surface area contributed by atoms with E-state index in [0.717, 1.165) is 16.5 Å². The van der Waals surface area contributed by atoms with Gasteiger partial charge in [-0.3, -0.25) is 9.78 Å². The highest BCUT2D eigenvalue weighted by atomic mass is 19.4. The van der Waals surface area contributed by atoms with E-state index >= 15 is 0 Å². The Hall–Kier alpha value is -3.54. The van der Waals surface area contributed by atoms with Gasteiger partial charge in [0.15, 0.2) is 6.61 Å². The van der Waals surface area contributed by atoms with Gasteiger partial charge in [0.05, 0.1) is 29.6 Å². The first-order valence-corrected chi connectivity index (χ1v) is 9.72. The number of H-pyrrole nitrogens is 1. The van der Waals surface area contributed by atoms with Gasteiger partial charge in [0, 0.05) is 23.0 Å². The van der Waals surface area contributed by atoms with Crippen molar-refractivity contribution >= 4 is 16.8 Å². The van der Waals surface area contributed by atoms with E-state index < -0.39 is 18.8 Å². The van der Waals surface area contributed by atoms with Crippen LogP contribution in [0.5, 0.6) is 5.75 Å². The van der Waals surface area contributed by atoms with Crippen molar-refractivity contribution in [1.29, 1.82) is 5.26 Å². The van der Waals surface area contributed by atoms with Crippen LogP contribution in [0.4, 0.5) is 13.2 Å². The van der Waals surface area contributed by atoms with Gasteiger partial charge in [0.1, 0.15) is 5.75 Å². The van der Waals surface area contributed by atoms with Crippen molar-refractivity contribution < 1.29 is 22.7 Å². The number of pyridine rings is 1. The Kier molecular flexibility index (Phi) is 5.31. The lowest BCUT2D eigenvalue weighted by molar-refractivity contribution is -0.153. The van der Waals surface area contributed by atoms with Crippen molar-refractivity contribution in [2.24, 2.45) is 5.92 Å². The summed E-state index contributed by atoms with van der Waals surface area (Å²) >= 11 is 0. The number of nitrogens with zero attached hydrogens (tertiary/aromatic N) is 2. The number of nitrogens with one attached hydrogen (secondary N) is 2. The Morgan fingerprint density at radius 2 is 2.19 bits per heavy atom. The number of aromatic nitrogens is 2. The maximum Gasteiger partial charge on any atom is 0.422 e. The summed E-state index contributed by atoms with van der Waals surface area (Å²) in [7, 11) is 0. The summed E-state index contributed by atoms with van der Waals surface area (Å²) in [4.78, 5) is 20.0. The molecule has 3 aromatic rings. The molecular formula is C22H19F3N4O2. The second-order valence-electron chi connectivity index (χ2n) is 7.62. The van der Waals surface area contributed by atoms with Crippen LogP contribution in [-0.2, 0) is 4.79 Å². The van der Waals surface area contributed by atoms with Gasteiger partial charge in [-0.1, -0.05) is 0 Å². The zero-order valence-electron chi connectivity index (χ0n) is 16.5. The lowest BCUT2D eigenvalue weighted by atomic mass is 10.1. The highest BCUT2D eigenvalue weighted by Crippen LogP contribution is 2.50. The van der Waals surface area contributed by atoms with Crippen LogP contribution in [0.1, 0.15) is 42.1 Å². The summed E-state index contributed by atoms with van der Waals surface area (Å²) < 4.78 is 41.3. The molecule has 31 heavy (non-hydrogen) atoms. The molecule has 2 N–H and O–H groups in total. The fourth-order valence-electron chi connectivity index (χ4n) is 3.64. The van der Waals surface area contributed by atoms with Gasteiger partial charge >= 0.3 is 6.18 Å². The Morgan fingerprint density at radius 3 is 2.87 bits per heavy atom. The van der Waals surface area contributed by atoms with Crippen molar-refractivity contribution in [2.75, 3.05) is 6.61 Å². The minimum absolute atomic E-state index is 0.0120. The maximum absolute atomic E-state index is 12.7. The molecule has 2 aromatic heterocycles. The number of fused-ring (bicyclic) bond motifs is 1. The summed E-state index contributed by atoms with van der Waals surface area (Å²) in [5.41, 5.74) is 3.03. The Morgan fingerprint density at radius 1 is 1.39 bits per heavy atom. The zero-order chi connectivity index (χ0) is 22.2. The van der Waals surface area contributed by atoms with E-state index in [1.807, 2.05) is 18.3 Å². The Bertz CT molecular complexity index is 1150. The number of benzene rings is 1. The normalized spacial score (nSPS) is 18.9. The Labute approximate surface area is 176 Å². The molecule has 0 bridgehead atoms. The predicted octanol–water partition coefficient (Wildman–Crippen LogP) is 4.36. The van der Waals surface area contributed by atoms with Crippen LogP contribution in [0.15, 0.2) is 42.7 Å². The molecule has 1 aliphatic rings. The molecule has 9 heteroatoms. The van der Waals surface area contributed by atoms with Gasteiger partial charge in [-0.15, -0.1) is 0 Å². The second-order valence-corrected chi connectivity index (χ2v) is 7.62. The summed E-state index contributed by atoms with van der Waals surface area (Å²) in [6.45, 7) is 0.381. The molecule has 1 aliphatic carbocycles. The van der Waals surface area contributed by atoms with Crippen molar-refractivity contribution in [2.45, 2.75) is 31.5 Å². The maximum atomic E-state index is 12.7. The highest BCUT2D eigenvalue weighted by Gasteiger charge is 2.45. The number of rotatable bonds is 6. The monoisotopic (exact) mass is 428 g/mol. The summed E-state index contributed by atoms with van der Waals surface area (Å²) in [6, 6.07) is 10.1. The molecule has 0 saturated heterocycles. The number of carbonyl (C=O) groups is 1. The van der Waals surface area contributed by atoms with Gasteiger partial charge < -0.3 is 15.0 Å². The number of carbonyl (C=O) groups excluding carboxylic acids is 1. The van der Waals surface area contributed by atoms with Gasteiger partial charge in [-0.2, -0.15) is 18.4 Å². The smallest absolute Gasteiger partial charge is 0.422 e. The molecule has 160 valence electrons. The van der Waals surface area contributed by atoms with Crippen molar-refractivity contribution in [3.8, 4) is 11.8 Å². The fourth-order valence-corrected chi connectivity index (χ4v) is 3.64. The van der Waals surface area contributed by atoms with Gasteiger partial charge in [-0.25, -0.2) is 0 Å². The minimum Gasteiger partial charge on any atom is -0.483 e. The number of alkyl halides is 3. The SMILES string of the molecule is C[C@@H](NC(=O)C1CC1c1c[nH]c2ccc(C#N)cc12)c1ccc(OCC(F)(F)F)cn1. The summed E-state index contributed by atoms with van der Waals surface area (Å²) in [6.07, 6.45) is -0.613. The van der Waals surface area contributed by atoms with Crippen molar-refractivity contribution in [3.05, 3.63) is 59.5 Å². The van der Waals surface area contributed by atoms with Gasteiger partial charge in [0.2, 0.25) is 5.91 Å². The number of nitriles is 1. The van der Waals surface area contributed by atoms with Crippen LogP contribution in [0.3, 0.4) is 0 Å². The van der Waals surface area contributed by atoms with E-state index in [1.165, 1.54) is 18.3 Å². The van der Waals surface area contributed by atoms with E-state index in [4.69, 9.17) is 5.26 Å². The van der Waals surface area contributed by atoms with Crippen LogP contribution >= 0.6 is 0 Å². The van der Waals surface area contributed by atoms with Crippen molar-refractivity contribution in [3.63, 3.8) is 0 Å². The average Bonchev–Trinajstić information content (AvgIpc) is 3.43. The fraction of sp³-hybridized carbons (Fsp3) is 0.318.